The van der Waals surface area contributed by atoms with Crippen molar-refractivity contribution in [2.24, 2.45) is 11.8 Å². The Kier molecular flexibility index (Phi) is 5.77. The molecule has 3 heteroatoms. The van der Waals surface area contributed by atoms with E-state index in [0.717, 1.165) is 18.3 Å². The first-order chi connectivity index (χ1) is 9.51. The van der Waals surface area contributed by atoms with Crippen molar-refractivity contribution in [3.8, 4) is 0 Å². The molecule has 1 aromatic rings. The van der Waals surface area contributed by atoms with Gasteiger partial charge in [0.1, 0.15) is 0 Å². The summed E-state index contributed by atoms with van der Waals surface area (Å²) >= 11 is 12.2. The van der Waals surface area contributed by atoms with E-state index in [-0.39, 0.29) is 0 Å². The number of hydrogen-bond acceptors (Lipinski definition) is 1. The van der Waals surface area contributed by atoms with Crippen molar-refractivity contribution in [1.29, 1.82) is 0 Å². The van der Waals surface area contributed by atoms with Gasteiger partial charge in [-0.15, -0.1) is 0 Å². The van der Waals surface area contributed by atoms with E-state index in [4.69, 9.17) is 23.2 Å². The highest BCUT2D eigenvalue weighted by molar-refractivity contribution is 6.42. The van der Waals surface area contributed by atoms with Gasteiger partial charge in [-0.2, -0.15) is 0 Å². The Balaban J connectivity index is 2.06. The standard InChI is InChI=1S/C17H25Cl2N/c1-4-16(13-6-7-14(18)15(19)10-13)20-17-8-5-11(2)9-12(17)3/h6-7,10-12,16-17,20H,4-5,8-9H2,1-3H3. The average molecular weight is 314 g/mol. The summed E-state index contributed by atoms with van der Waals surface area (Å²) in [4.78, 5) is 0. The Labute approximate surface area is 133 Å². The summed E-state index contributed by atoms with van der Waals surface area (Å²) in [5, 5.41) is 5.11. The fraction of sp³-hybridized carbons (Fsp3) is 0.647. The monoisotopic (exact) mass is 313 g/mol. The molecule has 4 atom stereocenters. The third kappa shape index (κ3) is 3.90. The minimum absolute atomic E-state index is 0.366. The van der Waals surface area contributed by atoms with Crippen LogP contribution in [0.25, 0.3) is 0 Å². The molecule has 1 nitrogen and oxygen atoms in total. The average Bonchev–Trinajstić information content (AvgIpc) is 2.41. The molecule has 0 bridgehead atoms. The molecule has 0 aliphatic heterocycles. The minimum atomic E-state index is 0.366. The van der Waals surface area contributed by atoms with E-state index in [1.165, 1.54) is 24.8 Å². The van der Waals surface area contributed by atoms with E-state index >= 15 is 0 Å². The molecule has 1 aliphatic rings. The molecule has 0 saturated heterocycles. The highest BCUT2D eigenvalue weighted by Gasteiger charge is 2.27. The third-order valence-corrected chi connectivity index (χ3v) is 5.34. The summed E-state index contributed by atoms with van der Waals surface area (Å²) in [7, 11) is 0. The number of benzene rings is 1. The van der Waals surface area contributed by atoms with Crippen molar-refractivity contribution in [2.45, 2.75) is 58.5 Å². The summed E-state index contributed by atoms with van der Waals surface area (Å²) in [5.41, 5.74) is 1.24. The second-order valence-corrected chi connectivity index (χ2v) is 7.12. The second kappa shape index (κ2) is 7.15. The van der Waals surface area contributed by atoms with Crippen molar-refractivity contribution in [2.75, 3.05) is 0 Å². The Bertz CT molecular complexity index is 447. The molecule has 0 spiro atoms. The molecule has 1 saturated carbocycles. The zero-order chi connectivity index (χ0) is 14.7. The Morgan fingerprint density at radius 2 is 1.95 bits per heavy atom. The van der Waals surface area contributed by atoms with Crippen LogP contribution in [-0.4, -0.2) is 6.04 Å². The largest absolute Gasteiger partial charge is 0.307 e. The van der Waals surface area contributed by atoms with Gasteiger partial charge in [-0.3, -0.25) is 0 Å². The lowest BCUT2D eigenvalue weighted by Crippen LogP contribution is -2.40. The van der Waals surface area contributed by atoms with Crippen LogP contribution in [0.4, 0.5) is 0 Å². The van der Waals surface area contributed by atoms with E-state index in [0.29, 0.717) is 22.1 Å². The van der Waals surface area contributed by atoms with Gasteiger partial charge in [0.15, 0.2) is 0 Å². The summed E-state index contributed by atoms with van der Waals surface area (Å²) in [6.45, 7) is 6.95. The highest BCUT2D eigenvalue weighted by Crippen LogP contribution is 2.32. The molecule has 0 heterocycles. The van der Waals surface area contributed by atoms with Gasteiger partial charge in [0.2, 0.25) is 0 Å². The van der Waals surface area contributed by atoms with Gasteiger partial charge >= 0.3 is 0 Å². The van der Waals surface area contributed by atoms with Crippen molar-refractivity contribution in [3.63, 3.8) is 0 Å². The molecule has 1 N–H and O–H groups in total. The number of nitrogens with one attached hydrogen (secondary N) is 1. The van der Waals surface area contributed by atoms with Gasteiger partial charge < -0.3 is 5.32 Å². The Morgan fingerprint density at radius 1 is 1.20 bits per heavy atom. The van der Waals surface area contributed by atoms with Crippen molar-refractivity contribution in [1.82, 2.24) is 5.32 Å². The number of hydrogen-bond donors (Lipinski definition) is 1. The van der Waals surface area contributed by atoms with Crippen LogP contribution in [-0.2, 0) is 0 Å². The van der Waals surface area contributed by atoms with Crippen molar-refractivity contribution in [3.05, 3.63) is 33.8 Å². The van der Waals surface area contributed by atoms with E-state index in [1.54, 1.807) is 0 Å². The smallest absolute Gasteiger partial charge is 0.0595 e. The third-order valence-electron chi connectivity index (χ3n) is 4.60. The van der Waals surface area contributed by atoms with Gasteiger partial charge in [0.25, 0.3) is 0 Å². The van der Waals surface area contributed by atoms with E-state index in [9.17, 15) is 0 Å². The fourth-order valence-corrected chi connectivity index (χ4v) is 3.66. The lowest BCUT2D eigenvalue weighted by Gasteiger charge is -2.36. The van der Waals surface area contributed by atoms with E-state index < -0.39 is 0 Å². The van der Waals surface area contributed by atoms with Gasteiger partial charge in [0.05, 0.1) is 10.0 Å². The minimum Gasteiger partial charge on any atom is -0.307 e. The number of halogens is 2. The molecule has 1 fully saturated rings. The normalized spacial score (nSPS) is 28.4. The topological polar surface area (TPSA) is 12.0 Å². The zero-order valence-corrected chi connectivity index (χ0v) is 14.1. The van der Waals surface area contributed by atoms with Gasteiger partial charge in [0, 0.05) is 12.1 Å². The molecule has 20 heavy (non-hydrogen) atoms. The first-order valence-electron chi connectivity index (χ1n) is 7.72. The van der Waals surface area contributed by atoms with E-state index in [1.807, 2.05) is 12.1 Å². The fourth-order valence-electron chi connectivity index (χ4n) is 3.35. The van der Waals surface area contributed by atoms with Crippen LogP contribution >= 0.6 is 23.2 Å². The molecule has 0 amide bonds. The van der Waals surface area contributed by atoms with Crippen LogP contribution in [0, 0.1) is 11.8 Å². The van der Waals surface area contributed by atoms with Crippen LogP contribution in [0.3, 0.4) is 0 Å². The SMILES string of the molecule is CCC(NC1CCC(C)CC1C)c1ccc(Cl)c(Cl)c1. The summed E-state index contributed by atoms with van der Waals surface area (Å²) in [6, 6.07) is 6.97. The van der Waals surface area contributed by atoms with E-state index in [2.05, 4.69) is 32.2 Å². The maximum atomic E-state index is 6.15. The predicted molar refractivity (Wildman–Crippen MR) is 88.6 cm³/mol. The second-order valence-electron chi connectivity index (χ2n) is 6.30. The van der Waals surface area contributed by atoms with Crippen LogP contribution in [0.15, 0.2) is 18.2 Å². The summed E-state index contributed by atoms with van der Waals surface area (Å²) in [5.74, 6) is 1.61. The summed E-state index contributed by atoms with van der Waals surface area (Å²) in [6.07, 6.45) is 5.01. The molecule has 112 valence electrons. The Morgan fingerprint density at radius 3 is 2.55 bits per heavy atom. The van der Waals surface area contributed by atoms with Crippen LogP contribution in [0.2, 0.25) is 10.0 Å². The quantitative estimate of drug-likeness (QED) is 0.734. The van der Waals surface area contributed by atoms with Crippen LogP contribution in [0.1, 0.15) is 58.1 Å². The van der Waals surface area contributed by atoms with Crippen LogP contribution in [0.5, 0.6) is 0 Å². The first kappa shape index (κ1) is 16.1. The van der Waals surface area contributed by atoms with Gasteiger partial charge in [-0.25, -0.2) is 0 Å². The molecule has 4 unspecified atom stereocenters. The highest BCUT2D eigenvalue weighted by atomic mass is 35.5. The molecule has 0 radical (unpaired) electrons. The molecular weight excluding hydrogens is 289 g/mol. The summed E-state index contributed by atoms with van der Waals surface area (Å²) < 4.78 is 0. The zero-order valence-electron chi connectivity index (χ0n) is 12.6. The molecular formula is C17H25Cl2N. The van der Waals surface area contributed by atoms with Crippen LogP contribution < -0.4 is 5.32 Å². The number of rotatable bonds is 4. The van der Waals surface area contributed by atoms with Crippen molar-refractivity contribution < 1.29 is 0 Å². The Hall–Kier alpha value is -0.240. The maximum Gasteiger partial charge on any atom is 0.0595 e. The molecule has 0 aromatic heterocycles. The van der Waals surface area contributed by atoms with Gasteiger partial charge in [-0.1, -0.05) is 50.0 Å². The first-order valence-corrected chi connectivity index (χ1v) is 8.47. The molecule has 1 aliphatic carbocycles. The lowest BCUT2D eigenvalue weighted by atomic mass is 9.79. The van der Waals surface area contributed by atoms with Crippen molar-refractivity contribution >= 4 is 23.2 Å². The molecule has 1 aromatic carbocycles. The van der Waals surface area contributed by atoms with Gasteiger partial charge in [-0.05, 0) is 55.2 Å². The molecule has 2 rings (SSSR count). The maximum absolute atomic E-state index is 6.15. The predicted octanol–water partition coefficient (Wildman–Crippen LogP) is 5.86. The lowest BCUT2D eigenvalue weighted by molar-refractivity contribution is 0.212.